The topological polar surface area (TPSA) is 85.8 Å². The molecule has 0 fully saturated rings. The molecule has 0 amide bonds. The summed E-state index contributed by atoms with van der Waals surface area (Å²) >= 11 is 0. The highest BCUT2D eigenvalue weighted by molar-refractivity contribution is 6.13. The molecule has 0 saturated carbocycles. The van der Waals surface area contributed by atoms with E-state index in [9.17, 15) is 14.4 Å². The lowest BCUT2D eigenvalue weighted by Crippen LogP contribution is -2.28. The zero-order valence-electron chi connectivity index (χ0n) is 15.9. The second kappa shape index (κ2) is 8.79. The summed E-state index contributed by atoms with van der Waals surface area (Å²) in [5.74, 6) is -1.78. The Labute approximate surface area is 167 Å². The number of ether oxygens (including phenoxy) is 2. The minimum atomic E-state index is -0.748. The lowest BCUT2D eigenvalue weighted by molar-refractivity contribution is -0.139. The van der Waals surface area contributed by atoms with E-state index in [1.54, 1.807) is 60.8 Å². The van der Waals surface area contributed by atoms with Crippen LogP contribution in [-0.2, 0) is 19.1 Å². The number of nitrogens with zero attached hydrogens (tertiary/aromatic N) is 2. The molecular weight excluding hydrogens is 372 g/mol. The molecule has 2 aromatic rings. The molecule has 1 aromatic carbocycles. The second-order valence-electron chi connectivity index (χ2n) is 5.88. The highest BCUT2D eigenvalue weighted by Gasteiger charge is 2.29. The fourth-order valence-corrected chi connectivity index (χ4v) is 2.86. The summed E-state index contributed by atoms with van der Waals surface area (Å²) in [6.07, 6.45) is 7.79. The number of rotatable bonds is 5. The van der Waals surface area contributed by atoms with Gasteiger partial charge in [0.1, 0.15) is 11.4 Å². The smallest absolute Gasteiger partial charge is 0.355 e. The number of anilines is 1. The number of esters is 2. The van der Waals surface area contributed by atoms with E-state index in [4.69, 9.17) is 9.47 Å². The molecular formula is C22H18N2O5. The van der Waals surface area contributed by atoms with Gasteiger partial charge >= 0.3 is 11.9 Å². The maximum atomic E-state index is 13.1. The van der Waals surface area contributed by atoms with Crippen molar-refractivity contribution in [3.05, 3.63) is 95.6 Å². The number of carbonyl (C=O) groups is 3. The van der Waals surface area contributed by atoms with Gasteiger partial charge in [0.05, 0.1) is 25.5 Å². The quantitative estimate of drug-likeness (QED) is 0.573. The predicted molar refractivity (Wildman–Crippen MR) is 106 cm³/mol. The van der Waals surface area contributed by atoms with E-state index in [1.165, 1.54) is 31.4 Å². The molecule has 1 aromatic heterocycles. The van der Waals surface area contributed by atoms with Crippen LogP contribution in [0.15, 0.2) is 84.4 Å². The molecule has 1 aliphatic heterocycles. The second-order valence-corrected chi connectivity index (χ2v) is 5.88. The molecule has 2 heterocycles. The van der Waals surface area contributed by atoms with Crippen LogP contribution < -0.4 is 4.90 Å². The van der Waals surface area contributed by atoms with Gasteiger partial charge in [-0.25, -0.2) is 9.59 Å². The van der Waals surface area contributed by atoms with E-state index in [0.29, 0.717) is 11.3 Å². The van der Waals surface area contributed by atoms with E-state index in [-0.39, 0.29) is 22.7 Å². The first-order valence-electron chi connectivity index (χ1n) is 8.68. The zero-order valence-corrected chi connectivity index (χ0v) is 15.9. The lowest BCUT2D eigenvalue weighted by atomic mass is 10.0. The summed E-state index contributed by atoms with van der Waals surface area (Å²) in [5.41, 5.74) is 0.900. The standard InChI is InChI=1S/C22H18N2O5/c1-28-21(26)16-10-6-8-14-24(19(16)22(27)29-2)18-12-4-3-9-15(18)20(25)17-11-5-7-13-23-17/h3-14H,1-2H3. The summed E-state index contributed by atoms with van der Waals surface area (Å²) < 4.78 is 9.71. The number of methoxy groups -OCH3 is 2. The van der Waals surface area contributed by atoms with E-state index >= 15 is 0 Å². The van der Waals surface area contributed by atoms with E-state index in [0.717, 1.165) is 0 Å². The first-order chi connectivity index (χ1) is 14.1. The Hall–Kier alpha value is -4.00. The van der Waals surface area contributed by atoms with Gasteiger partial charge in [0.25, 0.3) is 0 Å². The molecule has 7 nitrogen and oxygen atoms in total. The third-order valence-electron chi connectivity index (χ3n) is 4.19. The minimum Gasteiger partial charge on any atom is -0.465 e. The van der Waals surface area contributed by atoms with Gasteiger partial charge in [0, 0.05) is 18.0 Å². The molecule has 29 heavy (non-hydrogen) atoms. The molecule has 7 heteroatoms. The highest BCUT2D eigenvalue weighted by atomic mass is 16.5. The monoisotopic (exact) mass is 390 g/mol. The van der Waals surface area contributed by atoms with Crippen molar-refractivity contribution in [2.45, 2.75) is 0 Å². The molecule has 3 rings (SSSR count). The maximum absolute atomic E-state index is 13.1. The van der Waals surface area contributed by atoms with Crippen LogP contribution in [0.4, 0.5) is 5.69 Å². The Morgan fingerprint density at radius 1 is 0.897 bits per heavy atom. The number of benzene rings is 1. The first-order valence-corrected chi connectivity index (χ1v) is 8.68. The molecule has 0 radical (unpaired) electrons. The van der Waals surface area contributed by atoms with Gasteiger partial charge in [-0.05, 0) is 36.4 Å². The molecule has 0 atom stereocenters. The zero-order chi connectivity index (χ0) is 20.8. The number of allylic oxidation sites excluding steroid dienone is 2. The normalized spacial score (nSPS) is 13.1. The molecule has 0 aliphatic carbocycles. The predicted octanol–water partition coefficient (Wildman–Crippen LogP) is 2.80. The van der Waals surface area contributed by atoms with E-state index in [1.807, 2.05) is 0 Å². The Kier molecular flexibility index (Phi) is 5.99. The Morgan fingerprint density at radius 3 is 2.31 bits per heavy atom. The molecule has 0 unspecified atom stereocenters. The summed E-state index contributed by atoms with van der Waals surface area (Å²) in [6, 6.07) is 11.8. The summed E-state index contributed by atoms with van der Waals surface area (Å²) in [6.45, 7) is 0. The number of aromatic nitrogens is 1. The van der Waals surface area contributed by atoms with Crippen molar-refractivity contribution in [2.75, 3.05) is 19.1 Å². The molecule has 0 saturated heterocycles. The number of pyridine rings is 1. The summed E-state index contributed by atoms with van der Waals surface area (Å²) in [5, 5.41) is 0. The van der Waals surface area contributed by atoms with E-state index in [2.05, 4.69) is 4.98 Å². The number of ketones is 1. The molecule has 0 spiro atoms. The van der Waals surface area contributed by atoms with Crippen molar-refractivity contribution in [1.29, 1.82) is 0 Å². The minimum absolute atomic E-state index is 0.00411. The average Bonchev–Trinajstić information content (AvgIpc) is 3.01. The number of carbonyl (C=O) groups excluding carboxylic acids is 3. The van der Waals surface area contributed by atoms with Crippen molar-refractivity contribution in [1.82, 2.24) is 4.98 Å². The number of para-hydroxylation sites is 1. The third kappa shape index (κ3) is 3.98. The molecule has 1 aliphatic rings. The van der Waals surface area contributed by atoms with Crippen LogP contribution in [0.1, 0.15) is 16.1 Å². The van der Waals surface area contributed by atoms with Gasteiger partial charge in [-0.1, -0.05) is 24.3 Å². The third-order valence-corrected chi connectivity index (χ3v) is 4.19. The van der Waals surface area contributed by atoms with Gasteiger partial charge in [0.2, 0.25) is 5.78 Å². The van der Waals surface area contributed by atoms with E-state index < -0.39 is 11.9 Å². The van der Waals surface area contributed by atoms with Crippen LogP contribution in [0.2, 0.25) is 0 Å². The maximum Gasteiger partial charge on any atom is 0.355 e. The SMILES string of the molecule is COC(=O)C1=C(C(=O)OC)N(c2ccccc2C(=O)c2ccccn2)C=CC=C1. The van der Waals surface area contributed by atoms with Crippen molar-refractivity contribution in [3.63, 3.8) is 0 Å². The Bertz CT molecular complexity index is 1040. The molecule has 146 valence electrons. The average molecular weight is 390 g/mol. The summed E-state index contributed by atoms with van der Waals surface area (Å²) in [7, 11) is 2.44. The number of hydrogen-bond donors (Lipinski definition) is 0. The van der Waals surface area contributed by atoms with Crippen LogP contribution in [0.3, 0.4) is 0 Å². The van der Waals surface area contributed by atoms with Gasteiger partial charge in [0.15, 0.2) is 0 Å². The van der Waals surface area contributed by atoms with Crippen molar-refractivity contribution in [3.8, 4) is 0 Å². The fraction of sp³-hybridized carbons (Fsp3) is 0.0909. The van der Waals surface area contributed by atoms with Gasteiger partial charge in [-0.15, -0.1) is 0 Å². The van der Waals surface area contributed by atoms with Crippen LogP contribution in [0, 0.1) is 0 Å². The van der Waals surface area contributed by atoms with Gasteiger partial charge in [-0.3, -0.25) is 9.78 Å². The van der Waals surface area contributed by atoms with Gasteiger partial charge < -0.3 is 14.4 Å². The van der Waals surface area contributed by atoms with Crippen molar-refractivity contribution < 1.29 is 23.9 Å². The highest BCUT2D eigenvalue weighted by Crippen LogP contribution is 2.30. The van der Waals surface area contributed by atoms with Crippen LogP contribution >= 0.6 is 0 Å². The Balaban J connectivity index is 2.20. The fourth-order valence-electron chi connectivity index (χ4n) is 2.86. The van der Waals surface area contributed by atoms with Gasteiger partial charge in [-0.2, -0.15) is 0 Å². The molecule has 0 N–H and O–H groups in total. The van der Waals surface area contributed by atoms with Crippen LogP contribution in [0.25, 0.3) is 0 Å². The van der Waals surface area contributed by atoms with Crippen molar-refractivity contribution in [2.24, 2.45) is 0 Å². The lowest BCUT2D eigenvalue weighted by Gasteiger charge is -2.25. The Morgan fingerprint density at radius 2 is 1.62 bits per heavy atom. The number of hydrogen-bond acceptors (Lipinski definition) is 7. The molecule has 0 bridgehead atoms. The summed E-state index contributed by atoms with van der Waals surface area (Å²) in [4.78, 5) is 43.5. The van der Waals surface area contributed by atoms with Crippen LogP contribution in [0.5, 0.6) is 0 Å². The van der Waals surface area contributed by atoms with Crippen molar-refractivity contribution >= 4 is 23.4 Å². The first kappa shape index (κ1) is 19.8. The van der Waals surface area contributed by atoms with Crippen LogP contribution in [-0.4, -0.2) is 36.9 Å². The largest absolute Gasteiger partial charge is 0.465 e.